The van der Waals surface area contributed by atoms with Crippen molar-refractivity contribution in [2.45, 2.75) is 38.3 Å². The Kier molecular flexibility index (Phi) is 5.25. The van der Waals surface area contributed by atoms with E-state index >= 15 is 0 Å². The van der Waals surface area contributed by atoms with Crippen LogP contribution in [0.15, 0.2) is 46.9 Å². The minimum atomic E-state index is -0.506. The quantitative estimate of drug-likeness (QED) is 0.610. The monoisotopic (exact) mass is 456 g/mol. The maximum atomic E-state index is 12.7. The Hall–Kier alpha value is -2.54. The fourth-order valence-corrected chi connectivity index (χ4v) is 4.24. The third kappa shape index (κ3) is 4.10. The zero-order valence-electron chi connectivity index (χ0n) is 16.6. The molecule has 0 atom stereocenters. The lowest BCUT2D eigenvalue weighted by molar-refractivity contribution is 0.0852. The number of nitrogens with one attached hydrogen (secondary N) is 3. The number of carbonyl (C=O) groups excluding carboxylic acids is 2. The van der Waals surface area contributed by atoms with E-state index in [-0.39, 0.29) is 11.9 Å². The smallest absolute Gasteiger partial charge is 0.321 e. The second-order valence-corrected chi connectivity index (χ2v) is 8.96. The Morgan fingerprint density at radius 3 is 2.45 bits per heavy atom. The van der Waals surface area contributed by atoms with Crippen molar-refractivity contribution in [3.8, 4) is 0 Å². The van der Waals surface area contributed by atoms with Crippen molar-refractivity contribution in [1.29, 1.82) is 0 Å². The Balaban J connectivity index is 1.38. The molecule has 6 nitrogen and oxygen atoms in total. The van der Waals surface area contributed by atoms with E-state index in [4.69, 9.17) is 0 Å². The van der Waals surface area contributed by atoms with Crippen molar-refractivity contribution in [3.63, 3.8) is 0 Å². The molecular weight excluding hydrogens is 432 g/mol. The molecule has 0 unspecified atom stereocenters. The van der Waals surface area contributed by atoms with Gasteiger partial charge in [-0.15, -0.1) is 0 Å². The number of rotatable bonds is 2. The Labute approximate surface area is 179 Å². The van der Waals surface area contributed by atoms with Gasteiger partial charge in [-0.3, -0.25) is 4.79 Å². The summed E-state index contributed by atoms with van der Waals surface area (Å²) in [6.45, 7) is 5.42. The molecule has 0 saturated carbocycles. The lowest BCUT2D eigenvalue weighted by Crippen LogP contribution is -2.63. The summed E-state index contributed by atoms with van der Waals surface area (Å²) in [7, 11) is 0. The maximum Gasteiger partial charge on any atom is 0.321 e. The largest absolute Gasteiger partial charge is 0.362 e. The van der Waals surface area contributed by atoms with Crippen LogP contribution in [0.25, 0.3) is 0 Å². The predicted molar refractivity (Wildman–Crippen MR) is 118 cm³/mol. The van der Waals surface area contributed by atoms with E-state index in [0.29, 0.717) is 37.4 Å². The molecule has 2 aliphatic heterocycles. The zero-order chi connectivity index (χ0) is 20.6. The van der Waals surface area contributed by atoms with Crippen molar-refractivity contribution in [2.75, 3.05) is 23.7 Å². The fraction of sp³-hybridized carbons (Fsp3) is 0.364. The average molecular weight is 457 g/mol. The third-order valence-electron chi connectivity index (χ3n) is 5.69. The van der Waals surface area contributed by atoms with Crippen molar-refractivity contribution in [2.24, 2.45) is 0 Å². The van der Waals surface area contributed by atoms with Crippen LogP contribution in [-0.4, -0.2) is 35.6 Å². The number of urea groups is 1. The van der Waals surface area contributed by atoms with Crippen molar-refractivity contribution in [1.82, 2.24) is 10.2 Å². The van der Waals surface area contributed by atoms with Crippen LogP contribution in [-0.2, 0) is 0 Å². The van der Waals surface area contributed by atoms with Gasteiger partial charge in [0.1, 0.15) is 5.66 Å². The van der Waals surface area contributed by atoms with E-state index in [2.05, 4.69) is 45.7 Å². The van der Waals surface area contributed by atoms with Gasteiger partial charge in [-0.1, -0.05) is 41.9 Å². The predicted octanol–water partition coefficient (Wildman–Crippen LogP) is 4.75. The molecule has 0 bridgehead atoms. The van der Waals surface area contributed by atoms with Gasteiger partial charge < -0.3 is 20.9 Å². The first-order valence-electron chi connectivity index (χ1n) is 9.91. The molecule has 3 amide bonds. The highest BCUT2D eigenvalue weighted by Gasteiger charge is 2.41. The van der Waals surface area contributed by atoms with Crippen molar-refractivity contribution >= 4 is 39.2 Å². The Morgan fingerprint density at radius 2 is 1.79 bits per heavy atom. The summed E-state index contributed by atoms with van der Waals surface area (Å²) in [6, 6.07) is 13.5. The summed E-state index contributed by atoms with van der Waals surface area (Å²) in [5, 5.41) is 9.57. The van der Waals surface area contributed by atoms with Gasteiger partial charge in [0.2, 0.25) is 0 Å². The summed E-state index contributed by atoms with van der Waals surface area (Å²) >= 11 is 3.41. The third-order valence-corrected chi connectivity index (χ3v) is 6.18. The van der Waals surface area contributed by atoms with Crippen LogP contribution in [0.1, 0.15) is 48.5 Å². The molecule has 1 spiro atoms. The lowest BCUT2D eigenvalue weighted by atomic mass is 9.92. The van der Waals surface area contributed by atoms with Gasteiger partial charge in [-0.2, -0.15) is 0 Å². The van der Waals surface area contributed by atoms with Crippen LogP contribution in [0.5, 0.6) is 0 Å². The molecule has 2 aromatic carbocycles. The molecule has 0 aliphatic carbocycles. The standard InChI is InChI=1S/C22H25BrN4O2/c1-14(2)15-3-6-17(7-4-15)24-21(29)27-11-9-22(10-12-27)25-19-8-5-16(23)13-18(19)20(28)26-22/h3-8,13-14,25H,9-12H2,1-2H3,(H,24,29)(H,26,28). The van der Waals surface area contributed by atoms with Crippen LogP contribution in [0.2, 0.25) is 0 Å². The molecule has 1 fully saturated rings. The first kappa shape index (κ1) is 19.8. The molecule has 0 radical (unpaired) electrons. The number of carbonyl (C=O) groups is 2. The highest BCUT2D eigenvalue weighted by Crippen LogP contribution is 2.33. The highest BCUT2D eigenvalue weighted by molar-refractivity contribution is 9.10. The fourth-order valence-electron chi connectivity index (χ4n) is 3.88. The van der Waals surface area contributed by atoms with Gasteiger partial charge in [-0.05, 0) is 41.8 Å². The summed E-state index contributed by atoms with van der Waals surface area (Å²) in [4.78, 5) is 27.0. The average Bonchev–Trinajstić information content (AvgIpc) is 2.69. The van der Waals surface area contributed by atoms with Crippen LogP contribution in [0.3, 0.4) is 0 Å². The van der Waals surface area contributed by atoms with Crippen molar-refractivity contribution < 1.29 is 9.59 Å². The molecule has 152 valence electrons. The van der Waals surface area contributed by atoms with E-state index in [9.17, 15) is 9.59 Å². The minimum Gasteiger partial charge on any atom is -0.362 e. The van der Waals surface area contributed by atoms with Gasteiger partial charge in [0.15, 0.2) is 0 Å². The number of piperidine rings is 1. The number of amides is 3. The Bertz CT molecular complexity index is 934. The summed E-state index contributed by atoms with van der Waals surface area (Å²) in [5.41, 5.74) is 3.00. The van der Waals surface area contributed by atoms with Crippen LogP contribution >= 0.6 is 15.9 Å². The summed E-state index contributed by atoms with van der Waals surface area (Å²) < 4.78 is 0.872. The summed E-state index contributed by atoms with van der Waals surface area (Å²) in [5.74, 6) is 0.380. The number of hydrogen-bond acceptors (Lipinski definition) is 3. The summed E-state index contributed by atoms with van der Waals surface area (Å²) in [6.07, 6.45) is 1.29. The highest BCUT2D eigenvalue weighted by atomic mass is 79.9. The van der Waals surface area contributed by atoms with E-state index in [1.165, 1.54) is 5.56 Å². The molecule has 4 rings (SSSR count). The SMILES string of the molecule is CC(C)c1ccc(NC(=O)N2CCC3(CC2)NC(=O)c2cc(Br)ccc2N3)cc1. The molecule has 2 aliphatic rings. The number of nitrogens with zero attached hydrogens (tertiary/aromatic N) is 1. The molecule has 0 aromatic heterocycles. The minimum absolute atomic E-state index is 0.0804. The Morgan fingerprint density at radius 1 is 1.10 bits per heavy atom. The van der Waals surface area contributed by atoms with Gasteiger partial charge >= 0.3 is 6.03 Å². The second-order valence-electron chi connectivity index (χ2n) is 8.05. The molecule has 7 heteroatoms. The second kappa shape index (κ2) is 7.71. The number of benzene rings is 2. The number of fused-ring (bicyclic) bond motifs is 1. The number of likely N-dealkylation sites (tertiary alicyclic amines) is 1. The van der Waals surface area contributed by atoms with Crippen molar-refractivity contribution in [3.05, 3.63) is 58.1 Å². The zero-order valence-corrected chi connectivity index (χ0v) is 18.2. The number of halogens is 1. The molecular formula is C22H25BrN4O2. The van der Waals surface area contributed by atoms with Crippen LogP contribution in [0, 0.1) is 0 Å². The van der Waals surface area contributed by atoms with E-state index in [1.807, 2.05) is 42.5 Å². The van der Waals surface area contributed by atoms with Crippen LogP contribution in [0.4, 0.5) is 16.2 Å². The van der Waals surface area contributed by atoms with E-state index in [1.54, 1.807) is 4.90 Å². The van der Waals surface area contributed by atoms with Crippen LogP contribution < -0.4 is 16.0 Å². The maximum absolute atomic E-state index is 12.7. The first-order chi connectivity index (χ1) is 13.8. The van der Waals surface area contributed by atoms with Gasteiger partial charge in [0.05, 0.1) is 5.56 Å². The normalized spacial score (nSPS) is 17.5. The molecule has 3 N–H and O–H groups in total. The molecule has 2 heterocycles. The van der Waals surface area contributed by atoms with Gasteiger partial charge in [-0.25, -0.2) is 4.79 Å². The molecule has 2 aromatic rings. The van der Waals surface area contributed by atoms with Gasteiger partial charge in [0, 0.05) is 41.8 Å². The van der Waals surface area contributed by atoms with Gasteiger partial charge in [0.25, 0.3) is 5.91 Å². The molecule has 1 saturated heterocycles. The first-order valence-corrected chi connectivity index (χ1v) is 10.7. The molecule has 29 heavy (non-hydrogen) atoms. The number of anilines is 2. The van der Waals surface area contributed by atoms with E-state index in [0.717, 1.165) is 15.8 Å². The lowest BCUT2D eigenvalue weighted by Gasteiger charge is -2.45. The van der Waals surface area contributed by atoms with E-state index < -0.39 is 5.66 Å². The number of hydrogen-bond donors (Lipinski definition) is 3. The topological polar surface area (TPSA) is 73.5 Å².